The molecule has 4 nitrogen and oxygen atoms in total. The molecule has 0 saturated carbocycles. The van der Waals surface area contributed by atoms with Gasteiger partial charge in [-0.2, -0.15) is 0 Å². The van der Waals surface area contributed by atoms with E-state index in [-0.39, 0.29) is 11.9 Å². The zero-order valence-corrected chi connectivity index (χ0v) is 15.7. The predicted molar refractivity (Wildman–Crippen MR) is 102 cm³/mol. The van der Waals surface area contributed by atoms with Crippen LogP contribution in [0.3, 0.4) is 0 Å². The largest absolute Gasteiger partial charge is 0.333 e. The lowest BCUT2D eigenvalue weighted by Gasteiger charge is -2.24. The van der Waals surface area contributed by atoms with E-state index in [0.29, 0.717) is 0 Å². The first-order valence-electron chi connectivity index (χ1n) is 8.60. The Hall–Kier alpha value is -2.14. The lowest BCUT2D eigenvalue weighted by Crippen LogP contribution is -2.30. The zero-order valence-electron chi connectivity index (χ0n) is 14.2. The van der Waals surface area contributed by atoms with Crippen molar-refractivity contribution < 1.29 is 4.79 Å². The highest BCUT2D eigenvalue weighted by Crippen LogP contribution is 2.33. The number of hydrogen-bond donors (Lipinski definition) is 0. The molecule has 2 aromatic carbocycles. The van der Waals surface area contributed by atoms with Gasteiger partial charge in [-0.15, -0.1) is 0 Å². The quantitative estimate of drug-likeness (QED) is 0.650. The highest BCUT2D eigenvalue weighted by molar-refractivity contribution is 9.10. The van der Waals surface area contributed by atoms with Crippen molar-refractivity contribution in [3.8, 4) is 0 Å². The molecular formula is C20H20BrN3O. The molecule has 0 radical (unpaired) electrons. The van der Waals surface area contributed by atoms with Crippen LogP contribution in [0.5, 0.6) is 0 Å². The molecule has 1 atom stereocenters. The summed E-state index contributed by atoms with van der Waals surface area (Å²) in [4.78, 5) is 18.9. The first kappa shape index (κ1) is 16.3. The third-order valence-electron chi connectivity index (χ3n) is 4.89. The van der Waals surface area contributed by atoms with Gasteiger partial charge in [0.05, 0.1) is 17.1 Å². The van der Waals surface area contributed by atoms with Gasteiger partial charge in [-0.05, 0) is 42.7 Å². The molecule has 0 spiro atoms. The number of imidazole rings is 1. The maximum absolute atomic E-state index is 12.0. The summed E-state index contributed by atoms with van der Waals surface area (Å²) in [6.45, 7) is 3.23. The molecule has 1 fully saturated rings. The summed E-state index contributed by atoms with van der Waals surface area (Å²) in [5, 5.41) is 0. The molecule has 1 unspecified atom stereocenters. The van der Waals surface area contributed by atoms with E-state index in [9.17, 15) is 4.79 Å². The van der Waals surface area contributed by atoms with Crippen LogP contribution in [-0.4, -0.2) is 26.9 Å². The number of halogens is 1. The minimum absolute atomic E-state index is 0.0698. The number of carbonyl (C=O) groups is 1. The fraction of sp³-hybridized carbons (Fsp3) is 0.300. The van der Waals surface area contributed by atoms with Gasteiger partial charge in [0, 0.05) is 24.5 Å². The maximum Gasteiger partial charge on any atom is 0.220 e. The second-order valence-corrected chi connectivity index (χ2v) is 7.46. The Balaban J connectivity index is 1.80. The lowest BCUT2D eigenvalue weighted by atomic mass is 10.2. The molecule has 3 aromatic rings. The summed E-state index contributed by atoms with van der Waals surface area (Å²) >= 11 is 3.49. The number of aromatic nitrogens is 2. The van der Waals surface area contributed by atoms with Crippen LogP contribution in [0.25, 0.3) is 11.0 Å². The van der Waals surface area contributed by atoms with E-state index >= 15 is 0 Å². The molecule has 4 rings (SSSR count). The first-order valence-corrected chi connectivity index (χ1v) is 9.39. The second-order valence-electron chi connectivity index (χ2n) is 6.54. The third kappa shape index (κ3) is 3.09. The van der Waals surface area contributed by atoms with Crippen molar-refractivity contribution in [3.63, 3.8) is 0 Å². The molecule has 1 aliphatic heterocycles. The molecule has 1 amide bonds. The van der Waals surface area contributed by atoms with Crippen LogP contribution in [0.1, 0.15) is 37.2 Å². The van der Waals surface area contributed by atoms with Gasteiger partial charge in [-0.25, -0.2) is 4.98 Å². The van der Waals surface area contributed by atoms with E-state index in [2.05, 4.69) is 50.8 Å². The topological polar surface area (TPSA) is 38.1 Å². The van der Waals surface area contributed by atoms with Gasteiger partial charge >= 0.3 is 0 Å². The summed E-state index contributed by atoms with van der Waals surface area (Å²) in [5.41, 5.74) is 3.33. The number of rotatable bonds is 3. The van der Waals surface area contributed by atoms with E-state index < -0.39 is 0 Å². The van der Waals surface area contributed by atoms with Crippen molar-refractivity contribution in [2.24, 2.45) is 0 Å². The van der Waals surface area contributed by atoms with E-state index in [1.165, 1.54) is 5.56 Å². The van der Waals surface area contributed by atoms with Gasteiger partial charge in [0.2, 0.25) is 5.91 Å². The Bertz CT molecular complexity index is 916. The molecule has 1 aromatic heterocycles. The van der Waals surface area contributed by atoms with Crippen LogP contribution in [0.15, 0.2) is 53.0 Å². The summed E-state index contributed by atoms with van der Waals surface area (Å²) in [5.74, 6) is 1.13. The van der Waals surface area contributed by atoms with Gasteiger partial charge in [0.15, 0.2) is 0 Å². The number of hydrogen-bond acceptors (Lipinski definition) is 2. The standard InChI is InChI=1S/C20H20BrN3O/c1-14(25)23-12-4-7-19(23)20-22-17-5-2-3-6-18(17)24(20)13-15-8-10-16(21)11-9-15/h2-3,5-6,8-11,19H,4,7,12-13H2,1H3. The van der Waals surface area contributed by atoms with E-state index in [4.69, 9.17) is 4.98 Å². The van der Waals surface area contributed by atoms with Crippen LogP contribution in [0, 0.1) is 0 Å². The van der Waals surface area contributed by atoms with Gasteiger partial charge in [-0.3, -0.25) is 4.79 Å². The fourth-order valence-electron chi connectivity index (χ4n) is 3.70. The summed E-state index contributed by atoms with van der Waals surface area (Å²) in [7, 11) is 0. The maximum atomic E-state index is 12.0. The molecule has 2 heterocycles. The molecule has 25 heavy (non-hydrogen) atoms. The summed E-state index contributed by atoms with van der Waals surface area (Å²) < 4.78 is 3.34. The van der Waals surface area contributed by atoms with E-state index in [1.807, 2.05) is 23.1 Å². The number of fused-ring (bicyclic) bond motifs is 1. The van der Waals surface area contributed by atoms with Crippen molar-refractivity contribution in [3.05, 3.63) is 64.4 Å². The SMILES string of the molecule is CC(=O)N1CCCC1c1nc2ccccc2n1Cc1ccc(Br)cc1. The minimum Gasteiger partial charge on any atom is -0.333 e. The zero-order chi connectivity index (χ0) is 17.4. The number of nitrogens with zero attached hydrogens (tertiary/aromatic N) is 3. The number of para-hydroxylation sites is 2. The number of likely N-dealkylation sites (tertiary alicyclic amines) is 1. The molecule has 128 valence electrons. The van der Waals surface area contributed by atoms with E-state index in [0.717, 1.165) is 47.3 Å². The molecule has 5 heteroatoms. The molecular weight excluding hydrogens is 378 g/mol. The Kier molecular flexibility index (Phi) is 4.34. The highest BCUT2D eigenvalue weighted by atomic mass is 79.9. The third-order valence-corrected chi connectivity index (χ3v) is 5.42. The van der Waals surface area contributed by atoms with Crippen molar-refractivity contribution in [1.82, 2.24) is 14.5 Å². The van der Waals surface area contributed by atoms with Gasteiger partial charge in [-0.1, -0.05) is 40.2 Å². The lowest BCUT2D eigenvalue weighted by molar-refractivity contribution is -0.129. The minimum atomic E-state index is 0.0698. The average molecular weight is 398 g/mol. The van der Waals surface area contributed by atoms with Crippen LogP contribution in [0.4, 0.5) is 0 Å². The Morgan fingerprint density at radius 3 is 2.72 bits per heavy atom. The van der Waals surface area contributed by atoms with Crippen molar-refractivity contribution in [1.29, 1.82) is 0 Å². The smallest absolute Gasteiger partial charge is 0.220 e. The number of carbonyl (C=O) groups excluding carboxylic acids is 1. The van der Waals surface area contributed by atoms with Gasteiger partial charge < -0.3 is 9.47 Å². The molecule has 0 bridgehead atoms. The highest BCUT2D eigenvalue weighted by Gasteiger charge is 2.32. The van der Waals surface area contributed by atoms with Crippen LogP contribution in [-0.2, 0) is 11.3 Å². The van der Waals surface area contributed by atoms with E-state index in [1.54, 1.807) is 6.92 Å². The summed E-state index contributed by atoms with van der Waals surface area (Å²) in [6, 6.07) is 16.7. The Morgan fingerprint density at radius 1 is 1.20 bits per heavy atom. The number of amides is 1. The molecule has 1 saturated heterocycles. The van der Waals surface area contributed by atoms with Crippen LogP contribution in [0.2, 0.25) is 0 Å². The first-order chi connectivity index (χ1) is 12.1. The normalized spacial score (nSPS) is 17.4. The second kappa shape index (κ2) is 6.64. The van der Waals surface area contributed by atoms with Crippen molar-refractivity contribution in [2.75, 3.05) is 6.54 Å². The fourth-order valence-corrected chi connectivity index (χ4v) is 3.96. The summed E-state index contributed by atoms with van der Waals surface area (Å²) in [6.07, 6.45) is 2.01. The molecule has 0 aliphatic carbocycles. The van der Waals surface area contributed by atoms with Gasteiger partial charge in [0.1, 0.15) is 5.82 Å². The monoisotopic (exact) mass is 397 g/mol. The Morgan fingerprint density at radius 2 is 1.96 bits per heavy atom. The van der Waals surface area contributed by atoms with Crippen LogP contribution < -0.4 is 0 Å². The van der Waals surface area contributed by atoms with Crippen molar-refractivity contribution in [2.45, 2.75) is 32.4 Å². The molecule has 1 aliphatic rings. The number of benzene rings is 2. The predicted octanol–water partition coefficient (Wildman–Crippen LogP) is 4.53. The van der Waals surface area contributed by atoms with Gasteiger partial charge in [0.25, 0.3) is 0 Å². The van der Waals surface area contributed by atoms with Crippen LogP contribution >= 0.6 is 15.9 Å². The molecule has 0 N–H and O–H groups in total. The average Bonchev–Trinajstić information content (AvgIpc) is 3.22. The van der Waals surface area contributed by atoms with Crippen molar-refractivity contribution >= 4 is 32.9 Å². The Labute approximate surface area is 155 Å².